The van der Waals surface area contributed by atoms with E-state index in [1.165, 1.54) is 16.3 Å². The van der Waals surface area contributed by atoms with Gasteiger partial charge in [-0.3, -0.25) is 0 Å². The second-order valence-electron chi connectivity index (χ2n) is 3.60. The molecule has 0 N–H and O–H groups in total. The fourth-order valence-corrected chi connectivity index (χ4v) is 1.83. The lowest BCUT2D eigenvalue weighted by atomic mass is 10.1. The molecule has 0 radical (unpaired) electrons. The molecule has 68 valence electrons. The van der Waals surface area contributed by atoms with Gasteiger partial charge in [0.2, 0.25) is 0 Å². The van der Waals surface area contributed by atoms with E-state index in [4.69, 9.17) is 4.42 Å². The van der Waals surface area contributed by atoms with Crippen LogP contribution in [0.1, 0.15) is 5.56 Å². The number of para-hydroxylation sites is 1. The normalized spacial score (nSPS) is 11.2. The molecule has 0 saturated carbocycles. The average molecular weight is 182 g/mol. The van der Waals surface area contributed by atoms with Crippen LogP contribution in [0.3, 0.4) is 0 Å². The first-order valence-corrected chi connectivity index (χ1v) is 4.72. The number of fused-ring (bicyclic) bond motifs is 3. The lowest BCUT2D eigenvalue weighted by Crippen LogP contribution is -1.69. The Labute approximate surface area is 82.0 Å². The molecule has 0 aliphatic heterocycles. The first-order valence-electron chi connectivity index (χ1n) is 4.72. The lowest BCUT2D eigenvalue weighted by Gasteiger charge is -1.90. The van der Waals surface area contributed by atoms with E-state index in [1.807, 2.05) is 18.2 Å². The molecule has 0 bridgehead atoms. The van der Waals surface area contributed by atoms with Crippen LogP contribution in [0, 0.1) is 6.92 Å². The highest BCUT2D eigenvalue weighted by Gasteiger charge is 2.04. The van der Waals surface area contributed by atoms with Crippen LogP contribution in [0.5, 0.6) is 0 Å². The van der Waals surface area contributed by atoms with E-state index >= 15 is 0 Å². The van der Waals surface area contributed by atoms with Crippen molar-refractivity contribution in [2.24, 2.45) is 0 Å². The van der Waals surface area contributed by atoms with Gasteiger partial charge >= 0.3 is 0 Å². The van der Waals surface area contributed by atoms with Gasteiger partial charge in [-0.05, 0) is 24.6 Å². The average Bonchev–Trinajstić information content (AvgIpc) is 2.54. The maximum atomic E-state index is 5.73. The Morgan fingerprint density at radius 3 is 2.57 bits per heavy atom. The molecule has 1 nitrogen and oxygen atoms in total. The van der Waals surface area contributed by atoms with Gasteiger partial charge in [0.05, 0.1) is 0 Å². The van der Waals surface area contributed by atoms with Gasteiger partial charge in [-0.25, -0.2) is 0 Å². The fourth-order valence-electron chi connectivity index (χ4n) is 1.83. The molecule has 2 aromatic carbocycles. The van der Waals surface area contributed by atoms with Gasteiger partial charge in [-0.15, -0.1) is 0 Å². The minimum Gasteiger partial charge on any atom is -0.456 e. The smallest absolute Gasteiger partial charge is 0.135 e. The Kier molecular flexibility index (Phi) is 1.42. The van der Waals surface area contributed by atoms with Crippen LogP contribution in [-0.2, 0) is 0 Å². The molecule has 0 fully saturated rings. The van der Waals surface area contributed by atoms with E-state index in [-0.39, 0.29) is 0 Å². The van der Waals surface area contributed by atoms with Crippen molar-refractivity contribution < 1.29 is 4.42 Å². The summed E-state index contributed by atoms with van der Waals surface area (Å²) in [5.74, 6) is 0. The van der Waals surface area contributed by atoms with Gasteiger partial charge in [0, 0.05) is 10.8 Å². The predicted octanol–water partition coefficient (Wildman–Crippen LogP) is 3.89. The van der Waals surface area contributed by atoms with Crippen LogP contribution in [-0.4, -0.2) is 0 Å². The van der Waals surface area contributed by atoms with E-state index < -0.39 is 0 Å². The van der Waals surface area contributed by atoms with Crippen molar-refractivity contribution in [3.05, 3.63) is 48.0 Å². The van der Waals surface area contributed by atoms with E-state index in [9.17, 15) is 0 Å². The van der Waals surface area contributed by atoms with E-state index in [2.05, 4.69) is 31.2 Å². The Bertz CT molecular complexity index is 605. The van der Waals surface area contributed by atoms with Crippen LogP contribution in [0.4, 0.5) is 0 Å². The monoisotopic (exact) mass is 182 g/mol. The van der Waals surface area contributed by atoms with Crippen molar-refractivity contribution in [2.75, 3.05) is 0 Å². The zero-order valence-electron chi connectivity index (χ0n) is 7.95. The van der Waals surface area contributed by atoms with Crippen LogP contribution in [0.2, 0.25) is 0 Å². The SMILES string of the molecule is Cc1ccc2c(c1)oc1ccccc12. The molecule has 1 aromatic heterocycles. The maximum Gasteiger partial charge on any atom is 0.135 e. The minimum atomic E-state index is 0.966. The summed E-state index contributed by atoms with van der Waals surface area (Å²) in [7, 11) is 0. The third-order valence-electron chi connectivity index (χ3n) is 2.53. The predicted molar refractivity (Wildman–Crippen MR) is 58.5 cm³/mol. The van der Waals surface area contributed by atoms with Crippen molar-refractivity contribution >= 4 is 21.9 Å². The number of rotatable bonds is 0. The number of aryl methyl sites for hydroxylation is 1. The largest absolute Gasteiger partial charge is 0.456 e. The molecule has 0 aliphatic rings. The number of benzene rings is 2. The zero-order chi connectivity index (χ0) is 9.54. The van der Waals surface area contributed by atoms with E-state index in [1.54, 1.807) is 0 Å². The van der Waals surface area contributed by atoms with Crippen molar-refractivity contribution in [3.63, 3.8) is 0 Å². The van der Waals surface area contributed by atoms with E-state index in [0.29, 0.717) is 0 Å². The molecule has 0 saturated heterocycles. The molecular formula is C13H10O. The van der Waals surface area contributed by atoms with Gasteiger partial charge in [-0.1, -0.05) is 30.3 Å². The second kappa shape index (κ2) is 2.61. The molecule has 1 heteroatoms. The van der Waals surface area contributed by atoms with Crippen LogP contribution in [0.25, 0.3) is 21.9 Å². The molecule has 1 heterocycles. The summed E-state index contributed by atoms with van der Waals surface area (Å²) in [5.41, 5.74) is 3.18. The summed E-state index contributed by atoms with van der Waals surface area (Å²) in [4.78, 5) is 0. The van der Waals surface area contributed by atoms with Crippen molar-refractivity contribution in [2.45, 2.75) is 6.92 Å². The maximum absolute atomic E-state index is 5.73. The Balaban J connectivity index is 2.57. The van der Waals surface area contributed by atoms with Crippen LogP contribution >= 0.6 is 0 Å². The minimum absolute atomic E-state index is 0.966. The Hall–Kier alpha value is -1.76. The standard InChI is InChI=1S/C13H10O/c1-9-6-7-11-10-4-2-3-5-12(10)14-13(11)8-9/h2-8H,1H3. The molecule has 0 amide bonds. The third kappa shape index (κ3) is 0.956. The Morgan fingerprint density at radius 1 is 0.857 bits per heavy atom. The van der Waals surface area contributed by atoms with E-state index in [0.717, 1.165) is 11.2 Å². The highest BCUT2D eigenvalue weighted by Crippen LogP contribution is 2.28. The zero-order valence-corrected chi connectivity index (χ0v) is 7.95. The van der Waals surface area contributed by atoms with Gasteiger partial charge in [0.1, 0.15) is 11.2 Å². The topological polar surface area (TPSA) is 13.1 Å². The molecule has 0 atom stereocenters. The van der Waals surface area contributed by atoms with Gasteiger partial charge < -0.3 is 4.42 Å². The number of hydrogen-bond donors (Lipinski definition) is 0. The van der Waals surface area contributed by atoms with Crippen LogP contribution in [0.15, 0.2) is 46.9 Å². The fraction of sp³-hybridized carbons (Fsp3) is 0.0769. The van der Waals surface area contributed by atoms with Gasteiger partial charge in [-0.2, -0.15) is 0 Å². The number of furan rings is 1. The molecule has 3 aromatic rings. The molecule has 0 aliphatic carbocycles. The highest BCUT2D eigenvalue weighted by molar-refractivity contribution is 6.04. The molecular weight excluding hydrogens is 172 g/mol. The van der Waals surface area contributed by atoms with Crippen LogP contribution < -0.4 is 0 Å². The molecule has 0 spiro atoms. The van der Waals surface area contributed by atoms with Gasteiger partial charge in [0.15, 0.2) is 0 Å². The Morgan fingerprint density at radius 2 is 1.64 bits per heavy atom. The second-order valence-corrected chi connectivity index (χ2v) is 3.60. The summed E-state index contributed by atoms with van der Waals surface area (Å²) < 4.78 is 5.73. The highest BCUT2D eigenvalue weighted by atomic mass is 16.3. The molecule has 14 heavy (non-hydrogen) atoms. The molecule has 3 rings (SSSR count). The summed E-state index contributed by atoms with van der Waals surface area (Å²) >= 11 is 0. The number of hydrogen-bond acceptors (Lipinski definition) is 1. The first kappa shape index (κ1) is 7.63. The quantitative estimate of drug-likeness (QED) is 0.514. The summed E-state index contributed by atoms with van der Waals surface area (Å²) in [6.45, 7) is 2.08. The summed E-state index contributed by atoms with van der Waals surface area (Å²) in [5, 5.41) is 2.40. The molecule has 0 unspecified atom stereocenters. The lowest BCUT2D eigenvalue weighted by molar-refractivity contribution is 0.668. The third-order valence-corrected chi connectivity index (χ3v) is 2.53. The summed E-state index contributed by atoms with van der Waals surface area (Å²) in [6, 6.07) is 14.5. The van der Waals surface area contributed by atoms with Crippen molar-refractivity contribution in [1.29, 1.82) is 0 Å². The van der Waals surface area contributed by atoms with Gasteiger partial charge in [0.25, 0.3) is 0 Å². The van der Waals surface area contributed by atoms with Crippen molar-refractivity contribution in [3.8, 4) is 0 Å². The summed E-state index contributed by atoms with van der Waals surface area (Å²) in [6.07, 6.45) is 0. The van der Waals surface area contributed by atoms with Crippen molar-refractivity contribution in [1.82, 2.24) is 0 Å². The first-order chi connectivity index (χ1) is 6.84.